The molecule has 2 atom stereocenters. The van der Waals surface area contributed by atoms with Crippen molar-refractivity contribution in [1.29, 1.82) is 0 Å². The van der Waals surface area contributed by atoms with Crippen LogP contribution in [0.4, 0.5) is 0 Å². The van der Waals surface area contributed by atoms with Crippen LogP contribution in [-0.4, -0.2) is 50.9 Å². The van der Waals surface area contributed by atoms with Crippen molar-refractivity contribution >= 4 is 23.3 Å². The van der Waals surface area contributed by atoms with E-state index in [4.69, 9.17) is 17.0 Å². The van der Waals surface area contributed by atoms with Gasteiger partial charge in [0, 0.05) is 37.8 Å². The van der Waals surface area contributed by atoms with Gasteiger partial charge in [-0.15, -0.1) is 0 Å². The Labute approximate surface area is 199 Å². The van der Waals surface area contributed by atoms with Crippen molar-refractivity contribution in [2.75, 3.05) is 20.3 Å². The van der Waals surface area contributed by atoms with Crippen molar-refractivity contribution in [3.8, 4) is 5.69 Å². The number of carboxylic acid groups (broad SMARTS) is 1. The summed E-state index contributed by atoms with van der Waals surface area (Å²) in [5, 5.41) is 13.9. The van der Waals surface area contributed by atoms with E-state index >= 15 is 0 Å². The Morgan fingerprint density at radius 3 is 2.67 bits per heavy atom. The first-order valence-corrected chi connectivity index (χ1v) is 11.3. The average Bonchev–Trinajstić information content (AvgIpc) is 3.29. The molecule has 1 fully saturated rings. The summed E-state index contributed by atoms with van der Waals surface area (Å²) in [5.74, 6) is -0.948. The molecule has 1 aromatic carbocycles. The largest absolute Gasteiger partial charge is 0.478 e. The molecule has 8 heteroatoms. The number of thiocarbonyl (C=S) groups is 1. The first-order valence-electron chi connectivity index (χ1n) is 10.9. The SMILES string of the molecule is COCCCN1C(=S)N[C@@H](c2ccccn2)[C@H]1c1cc(C)n(-c2ccccc2C(=O)O)c1C. The van der Waals surface area contributed by atoms with Gasteiger partial charge in [-0.3, -0.25) is 4.98 Å². The van der Waals surface area contributed by atoms with Gasteiger partial charge in [-0.1, -0.05) is 18.2 Å². The second kappa shape index (κ2) is 9.72. The van der Waals surface area contributed by atoms with Crippen LogP contribution in [0.5, 0.6) is 0 Å². The van der Waals surface area contributed by atoms with Crippen LogP contribution in [0.1, 0.15) is 51.5 Å². The van der Waals surface area contributed by atoms with Crippen LogP contribution in [0, 0.1) is 13.8 Å². The molecule has 33 heavy (non-hydrogen) atoms. The molecule has 4 rings (SSSR count). The molecule has 0 spiro atoms. The normalized spacial score (nSPS) is 17.9. The number of benzene rings is 1. The van der Waals surface area contributed by atoms with E-state index < -0.39 is 5.97 Å². The molecule has 0 aliphatic carbocycles. The number of para-hydroxylation sites is 1. The van der Waals surface area contributed by atoms with E-state index in [1.807, 2.05) is 48.7 Å². The lowest BCUT2D eigenvalue weighted by molar-refractivity contribution is 0.0697. The molecule has 0 radical (unpaired) electrons. The number of hydrogen-bond donors (Lipinski definition) is 2. The zero-order chi connectivity index (χ0) is 23.5. The predicted molar refractivity (Wildman–Crippen MR) is 131 cm³/mol. The lowest BCUT2D eigenvalue weighted by atomic mass is 9.96. The number of hydrogen-bond acceptors (Lipinski definition) is 4. The molecular weight excluding hydrogens is 436 g/mol. The third kappa shape index (κ3) is 4.36. The summed E-state index contributed by atoms with van der Waals surface area (Å²) in [7, 11) is 1.70. The molecule has 0 bridgehead atoms. The van der Waals surface area contributed by atoms with E-state index in [2.05, 4.69) is 21.3 Å². The van der Waals surface area contributed by atoms with Crippen LogP contribution in [0.2, 0.25) is 0 Å². The first-order chi connectivity index (χ1) is 15.9. The maximum absolute atomic E-state index is 11.9. The number of nitrogens with zero attached hydrogens (tertiary/aromatic N) is 3. The zero-order valence-corrected chi connectivity index (χ0v) is 19.8. The number of ether oxygens (including phenoxy) is 1. The fourth-order valence-electron chi connectivity index (χ4n) is 4.67. The third-order valence-electron chi connectivity index (χ3n) is 6.11. The molecule has 0 unspecified atom stereocenters. The minimum Gasteiger partial charge on any atom is -0.478 e. The summed E-state index contributed by atoms with van der Waals surface area (Å²) >= 11 is 5.74. The van der Waals surface area contributed by atoms with Crippen LogP contribution in [-0.2, 0) is 4.74 Å². The van der Waals surface area contributed by atoms with E-state index in [1.165, 1.54) is 0 Å². The van der Waals surface area contributed by atoms with E-state index in [0.717, 1.165) is 35.6 Å². The lowest BCUT2D eigenvalue weighted by Gasteiger charge is -2.28. The maximum Gasteiger partial charge on any atom is 0.337 e. The maximum atomic E-state index is 11.9. The van der Waals surface area contributed by atoms with E-state index in [0.29, 0.717) is 17.4 Å². The Morgan fingerprint density at radius 1 is 1.21 bits per heavy atom. The van der Waals surface area contributed by atoms with Crippen LogP contribution in [0.15, 0.2) is 54.7 Å². The molecule has 0 amide bonds. The standard InChI is InChI=1S/C25H28N4O3S/c1-16-15-19(17(2)29(16)21-11-5-4-9-18(21)24(30)31)23-22(20-10-6-7-12-26-20)27-25(33)28(23)13-8-14-32-3/h4-7,9-12,15,22-23H,8,13-14H2,1-3H3,(H,27,33)(H,30,31)/t22-,23+/m0/s1. The van der Waals surface area contributed by atoms with Gasteiger partial charge in [-0.25, -0.2) is 4.79 Å². The highest BCUT2D eigenvalue weighted by atomic mass is 32.1. The summed E-state index contributed by atoms with van der Waals surface area (Å²) in [6, 6.07) is 14.9. The number of nitrogens with one attached hydrogen (secondary N) is 1. The molecule has 172 valence electrons. The van der Waals surface area contributed by atoms with Gasteiger partial charge in [0.25, 0.3) is 0 Å². The minimum absolute atomic E-state index is 0.0822. The average molecular weight is 465 g/mol. The summed E-state index contributed by atoms with van der Waals surface area (Å²) in [5.41, 5.74) is 4.87. The van der Waals surface area contributed by atoms with Crippen LogP contribution < -0.4 is 5.32 Å². The number of aromatic carboxylic acids is 1. The molecule has 2 N–H and O–H groups in total. The number of rotatable bonds is 8. The Morgan fingerprint density at radius 2 is 1.97 bits per heavy atom. The fourth-order valence-corrected chi connectivity index (χ4v) is 5.00. The summed E-state index contributed by atoms with van der Waals surface area (Å²) in [6.45, 7) is 5.42. The van der Waals surface area contributed by atoms with Crippen molar-refractivity contribution in [3.05, 3.63) is 82.9 Å². The number of aromatic nitrogens is 2. The second-order valence-electron chi connectivity index (χ2n) is 8.15. The van der Waals surface area contributed by atoms with Gasteiger partial charge in [0.2, 0.25) is 0 Å². The van der Waals surface area contributed by atoms with Gasteiger partial charge in [-0.2, -0.15) is 0 Å². The minimum atomic E-state index is -0.948. The number of aryl methyl sites for hydroxylation is 1. The van der Waals surface area contributed by atoms with Crippen molar-refractivity contribution in [2.24, 2.45) is 0 Å². The van der Waals surface area contributed by atoms with Gasteiger partial charge in [0.1, 0.15) is 0 Å². The Kier molecular flexibility index (Phi) is 6.76. The quantitative estimate of drug-likeness (QED) is 0.382. The third-order valence-corrected chi connectivity index (χ3v) is 6.46. The van der Waals surface area contributed by atoms with E-state index in [-0.39, 0.29) is 17.6 Å². The van der Waals surface area contributed by atoms with Crippen molar-refractivity contribution < 1.29 is 14.6 Å². The summed E-state index contributed by atoms with van der Waals surface area (Å²) in [4.78, 5) is 18.7. The summed E-state index contributed by atoms with van der Waals surface area (Å²) < 4.78 is 7.28. The molecule has 3 heterocycles. The summed E-state index contributed by atoms with van der Waals surface area (Å²) in [6.07, 6.45) is 2.63. The van der Waals surface area contributed by atoms with E-state index in [9.17, 15) is 9.90 Å². The topological polar surface area (TPSA) is 79.6 Å². The molecule has 0 saturated carbocycles. The van der Waals surface area contributed by atoms with Gasteiger partial charge in [-0.05, 0) is 68.4 Å². The van der Waals surface area contributed by atoms with Gasteiger partial charge < -0.3 is 24.6 Å². The first kappa shape index (κ1) is 22.9. The molecular formula is C25H28N4O3S. The number of carboxylic acids is 1. The van der Waals surface area contributed by atoms with Gasteiger partial charge >= 0.3 is 5.97 Å². The molecule has 7 nitrogen and oxygen atoms in total. The van der Waals surface area contributed by atoms with Crippen LogP contribution >= 0.6 is 12.2 Å². The highest BCUT2D eigenvalue weighted by Crippen LogP contribution is 2.41. The molecule has 1 saturated heterocycles. The Balaban J connectivity index is 1.83. The Bertz CT molecular complexity index is 1160. The predicted octanol–water partition coefficient (Wildman–Crippen LogP) is 4.20. The molecule has 1 aliphatic heterocycles. The fraction of sp³-hybridized carbons (Fsp3) is 0.320. The van der Waals surface area contributed by atoms with Gasteiger partial charge in [0.05, 0.1) is 29.0 Å². The molecule has 2 aromatic heterocycles. The smallest absolute Gasteiger partial charge is 0.337 e. The van der Waals surface area contributed by atoms with Crippen molar-refractivity contribution in [3.63, 3.8) is 0 Å². The monoisotopic (exact) mass is 464 g/mol. The van der Waals surface area contributed by atoms with Gasteiger partial charge in [0.15, 0.2) is 5.11 Å². The lowest BCUT2D eigenvalue weighted by Crippen LogP contribution is -2.31. The van der Waals surface area contributed by atoms with Crippen molar-refractivity contribution in [2.45, 2.75) is 32.4 Å². The Hall–Kier alpha value is -3.23. The van der Waals surface area contributed by atoms with E-state index in [1.54, 1.807) is 25.4 Å². The number of methoxy groups -OCH3 is 1. The number of pyridine rings is 1. The van der Waals surface area contributed by atoms with Crippen LogP contribution in [0.25, 0.3) is 5.69 Å². The zero-order valence-electron chi connectivity index (χ0n) is 19.0. The highest BCUT2D eigenvalue weighted by molar-refractivity contribution is 7.80. The number of carbonyl (C=O) groups is 1. The van der Waals surface area contributed by atoms with Crippen molar-refractivity contribution in [1.82, 2.24) is 19.8 Å². The molecule has 3 aromatic rings. The van der Waals surface area contributed by atoms with Crippen LogP contribution in [0.3, 0.4) is 0 Å². The molecule has 1 aliphatic rings. The highest BCUT2D eigenvalue weighted by Gasteiger charge is 2.41. The second-order valence-corrected chi connectivity index (χ2v) is 8.54.